The molecule has 0 saturated carbocycles. The van der Waals surface area contributed by atoms with Crippen LogP contribution in [-0.2, 0) is 4.79 Å². The molecule has 0 aromatic heterocycles. The summed E-state index contributed by atoms with van der Waals surface area (Å²) in [5.74, 6) is 0.218. The summed E-state index contributed by atoms with van der Waals surface area (Å²) in [6.07, 6.45) is 4.54. The number of benzene rings is 1. The average Bonchev–Trinajstić information content (AvgIpc) is 2.76. The van der Waals surface area contributed by atoms with Gasteiger partial charge in [0.25, 0.3) is 5.69 Å². The van der Waals surface area contributed by atoms with E-state index in [2.05, 4.69) is 5.32 Å². The van der Waals surface area contributed by atoms with Crippen LogP contribution in [0.4, 0.5) is 11.4 Å². The van der Waals surface area contributed by atoms with Crippen LogP contribution in [0.2, 0.25) is 0 Å². The second kappa shape index (κ2) is 8.13. The molecular weight excluding hydrogens is 296 g/mol. The molecule has 1 saturated heterocycles. The molecule has 23 heavy (non-hydrogen) atoms. The van der Waals surface area contributed by atoms with Crippen LogP contribution in [0.3, 0.4) is 0 Å². The van der Waals surface area contributed by atoms with Crippen molar-refractivity contribution >= 4 is 17.3 Å². The third kappa shape index (κ3) is 4.68. The van der Waals surface area contributed by atoms with Gasteiger partial charge in [-0.1, -0.05) is 6.42 Å². The van der Waals surface area contributed by atoms with Crippen LogP contribution in [0.25, 0.3) is 0 Å². The fourth-order valence-electron chi connectivity index (χ4n) is 2.66. The number of hydrogen-bond acceptors (Lipinski definition) is 5. The number of amides is 1. The van der Waals surface area contributed by atoms with E-state index >= 15 is 0 Å². The Morgan fingerprint density at radius 1 is 1.35 bits per heavy atom. The minimum absolute atomic E-state index is 0.0951. The SMILES string of the molecule is N#Cc1cc([N+](=O)[O-])ccc1NCCCN1CCCCCC1=O. The van der Waals surface area contributed by atoms with Gasteiger partial charge in [-0.15, -0.1) is 0 Å². The lowest BCUT2D eigenvalue weighted by Gasteiger charge is -2.20. The second-order valence-electron chi connectivity index (χ2n) is 5.57. The first-order valence-electron chi connectivity index (χ1n) is 7.82. The molecule has 7 heteroatoms. The number of anilines is 1. The molecule has 1 N–H and O–H groups in total. The van der Waals surface area contributed by atoms with E-state index in [1.54, 1.807) is 6.07 Å². The van der Waals surface area contributed by atoms with Crippen molar-refractivity contribution in [2.75, 3.05) is 25.0 Å². The van der Waals surface area contributed by atoms with Gasteiger partial charge in [-0.3, -0.25) is 14.9 Å². The van der Waals surface area contributed by atoms with Gasteiger partial charge in [0.05, 0.1) is 16.2 Å². The lowest BCUT2D eigenvalue weighted by Crippen LogP contribution is -2.32. The number of nitro groups is 1. The highest BCUT2D eigenvalue weighted by molar-refractivity contribution is 5.76. The zero-order chi connectivity index (χ0) is 16.7. The standard InChI is InChI=1S/C16H20N4O3/c17-12-13-11-14(20(22)23)6-7-15(13)18-8-4-10-19-9-3-1-2-5-16(19)21/h6-7,11,18H,1-5,8-10H2. The topological polar surface area (TPSA) is 99.3 Å². The normalized spacial score (nSPS) is 14.9. The predicted octanol–water partition coefficient (Wildman–Crippen LogP) is 2.67. The molecule has 1 aliphatic heterocycles. The van der Waals surface area contributed by atoms with Gasteiger partial charge < -0.3 is 10.2 Å². The van der Waals surface area contributed by atoms with Gasteiger partial charge in [0.1, 0.15) is 6.07 Å². The fourth-order valence-corrected chi connectivity index (χ4v) is 2.66. The first-order valence-corrected chi connectivity index (χ1v) is 7.82. The number of rotatable bonds is 6. The summed E-state index contributed by atoms with van der Waals surface area (Å²) in [6.45, 7) is 2.12. The molecular formula is C16H20N4O3. The fraction of sp³-hybridized carbons (Fsp3) is 0.500. The van der Waals surface area contributed by atoms with Gasteiger partial charge >= 0.3 is 0 Å². The van der Waals surface area contributed by atoms with E-state index < -0.39 is 4.92 Å². The predicted molar refractivity (Wildman–Crippen MR) is 86.0 cm³/mol. The first kappa shape index (κ1) is 16.7. The molecule has 1 heterocycles. The number of carbonyl (C=O) groups is 1. The molecule has 1 amide bonds. The molecule has 0 aliphatic carbocycles. The molecule has 2 rings (SSSR count). The number of hydrogen-bond donors (Lipinski definition) is 1. The first-order chi connectivity index (χ1) is 11.1. The number of nitrogens with one attached hydrogen (secondary N) is 1. The Morgan fingerprint density at radius 3 is 2.91 bits per heavy atom. The smallest absolute Gasteiger partial charge is 0.270 e. The highest BCUT2D eigenvalue weighted by Crippen LogP contribution is 2.21. The van der Waals surface area contributed by atoms with E-state index in [9.17, 15) is 14.9 Å². The maximum atomic E-state index is 11.9. The van der Waals surface area contributed by atoms with E-state index in [0.717, 1.165) is 32.2 Å². The van der Waals surface area contributed by atoms with Gasteiger partial charge in [-0.25, -0.2) is 0 Å². The van der Waals surface area contributed by atoms with Crippen molar-refractivity contribution in [3.63, 3.8) is 0 Å². The molecule has 0 spiro atoms. The van der Waals surface area contributed by atoms with Gasteiger partial charge in [-0.2, -0.15) is 5.26 Å². The van der Waals surface area contributed by atoms with Crippen LogP contribution in [0.1, 0.15) is 37.7 Å². The van der Waals surface area contributed by atoms with Crippen LogP contribution >= 0.6 is 0 Å². The number of non-ortho nitro benzene ring substituents is 1. The quantitative estimate of drug-likeness (QED) is 0.494. The molecule has 0 bridgehead atoms. The summed E-state index contributed by atoms with van der Waals surface area (Å²) >= 11 is 0. The highest BCUT2D eigenvalue weighted by atomic mass is 16.6. The molecule has 0 unspecified atom stereocenters. The number of nitro benzene ring substituents is 1. The van der Waals surface area contributed by atoms with E-state index in [1.165, 1.54) is 12.1 Å². The summed E-state index contributed by atoms with van der Waals surface area (Å²) in [4.78, 5) is 24.0. The van der Waals surface area contributed by atoms with Gasteiger partial charge in [0.15, 0.2) is 0 Å². The molecule has 1 aromatic rings. The minimum atomic E-state index is -0.518. The van der Waals surface area contributed by atoms with Crippen molar-refractivity contribution < 1.29 is 9.72 Å². The summed E-state index contributed by atoms with van der Waals surface area (Å²) < 4.78 is 0. The maximum Gasteiger partial charge on any atom is 0.270 e. The van der Waals surface area contributed by atoms with Crippen LogP contribution in [0.15, 0.2) is 18.2 Å². The van der Waals surface area contributed by atoms with Crippen molar-refractivity contribution in [1.29, 1.82) is 5.26 Å². The Morgan fingerprint density at radius 2 is 2.17 bits per heavy atom. The van der Waals surface area contributed by atoms with Crippen molar-refractivity contribution in [2.24, 2.45) is 0 Å². The lowest BCUT2D eigenvalue weighted by molar-refractivity contribution is -0.384. The Bertz CT molecular complexity index is 624. The van der Waals surface area contributed by atoms with Gasteiger partial charge in [-0.05, 0) is 25.3 Å². The summed E-state index contributed by atoms with van der Waals surface area (Å²) in [5, 5.41) is 22.9. The Kier molecular flexibility index (Phi) is 5.92. The van der Waals surface area contributed by atoms with E-state index in [-0.39, 0.29) is 17.2 Å². The number of carbonyl (C=O) groups excluding carboxylic acids is 1. The van der Waals surface area contributed by atoms with Crippen LogP contribution in [0.5, 0.6) is 0 Å². The molecule has 0 atom stereocenters. The molecule has 1 fully saturated rings. The van der Waals surface area contributed by atoms with Crippen molar-refractivity contribution in [3.8, 4) is 6.07 Å². The van der Waals surface area contributed by atoms with Crippen molar-refractivity contribution in [1.82, 2.24) is 4.90 Å². The Labute approximate surface area is 135 Å². The third-order valence-electron chi connectivity index (χ3n) is 3.93. The van der Waals surface area contributed by atoms with Crippen LogP contribution in [0, 0.1) is 21.4 Å². The summed E-state index contributed by atoms with van der Waals surface area (Å²) in [6, 6.07) is 6.16. The molecule has 0 radical (unpaired) electrons. The highest BCUT2D eigenvalue weighted by Gasteiger charge is 2.16. The second-order valence-corrected chi connectivity index (χ2v) is 5.57. The lowest BCUT2D eigenvalue weighted by atomic mass is 10.1. The zero-order valence-electron chi connectivity index (χ0n) is 13.0. The van der Waals surface area contributed by atoms with E-state index in [0.29, 0.717) is 25.2 Å². The molecule has 122 valence electrons. The minimum Gasteiger partial charge on any atom is -0.384 e. The largest absolute Gasteiger partial charge is 0.384 e. The third-order valence-corrected chi connectivity index (χ3v) is 3.93. The molecule has 1 aliphatic rings. The molecule has 7 nitrogen and oxygen atoms in total. The maximum absolute atomic E-state index is 11.9. The van der Waals surface area contributed by atoms with Crippen LogP contribution in [-0.4, -0.2) is 35.4 Å². The number of likely N-dealkylation sites (tertiary alicyclic amines) is 1. The van der Waals surface area contributed by atoms with Crippen molar-refractivity contribution in [3.05, 3.63) is 33.9 Å². The summed E-state index contributed by atoms with van der Waals surface area (Å²) in [7, 11) is 0. The van der Waals surface area contributed by atoms with Crippen LogP contribution < -0.4 is 5.32 Å². The average molecular weight is 316 g/mol. The van der Waals surface area contributed by atoms with Crippen molar-refractivity contribution in [2.45, 2.75) is 32.1 Å². The van der Waals surface area contributed by atoms with E-state index in [4.69, 9.17) is 5.26 Å². The zero-order valence-corrected chi connectivity index (χ0v) is 13.0. The number of nitriles is 1. The summed E-state index contributed by atoms with van der Waals surface area (Å²) in [5.41, 5.74) is 0.743. The Hall–Kier alpha value is -2.62. The van der Waals surface area contributed by atoms with Gasteiger partial charge in [0, 0.05) is 38.2 Å². The monoisotopic (exact) mass is 316 g/mol. The Balaban J connectivity index is 1.85. The van der Waals surface area contributed by atoms with Gasteiger partial charge in [0.2, 0.25) is 5.91 Å². The number of nitrogens with zero attached hydrogens (tertiary/aromatic N) is 3. The molecule has 1 aromatic carbocycles. The van der Waals surface area contributed by atoms with E-state index in [1.807, 2.05) is 11.0 Å².